The van der Waals surface area contributed by atoms with E-state index in [9.17, 15) is 22.9 Å². The fourth-order valence-electron chi connectivity index (χ4n) is 6.36. The minimum atomic E-state index is -4.73. The van der Waals surface area contributed by atoms with Crippen LogP contribution in [-0.2, 0) is 10.1 Å². The maximum atomic E-state index is 12.9. The Bertz CT molecular complexity index is 2440. The second-order valence-corrected chi connectivity index (χ2v) is 15.0. The molecule has 4 aromatic rings. The van der Waals surface area contributed by atoms with Gasteiger partial charge in [-0.3, -0.25) is 9.35 Å². The van der Waals surface area contributed by atoms with Crippen LogP contribution in [-0.4, -0.2) is 31.2 Å². The van der Waals surface area contributed by atoms with Crippen LogP contribution in [0.5, 0.6) is 5.75 Å². The number of halogens is 1. The summed E-state index contributed by atoms with van der Waals surface area (Å²) in [4.78, 5) is 14.7. The Morgan fingerprint density at radius 1 is 0.736 bits per heavy atom. The summed E-state index contributed by atoms with van der Waals surface area (Å²) in [6.45, 7) is 8.25. The molecule has 4 aromatic carbocycles. The van der Waals surface area contributed by atoms with Gasteiger partial charge in [0.1, 0.15) is 22.0 Å². The van der Waals surface area contributed by atoms with Gasteiger partial charge in [0, 0.05) is 53.0 Å². The number of unbranched alkanes of at least 4 members (excludes halogenated alkanes) is 2. The predicted molar refractivity (Wildman–Crippen MR) is 219 cm³/mol. The highest BCUT2D eigenvalue weighted by atomic mass is 35.5. The maximum absolute atomic E-state index is 12.9. The fraction of sp³-hybridized carbons (Fsp3) is 0.205. The topological polar surface area (TPSA) is 108 Å². The van der Waals surface area contributed by atoms with Crippen LogP contribution < -0.4 is 10.3 Å². The number of nitrogens with zero attached hydrogens (tertiary/aromatic N) is 1. The van der Waals surface area contributed by atoms with E-state index in [0.717, 1.165) is 29.8 Å². The van der Waals surface area contributed by atoms with E-state index in [1.165, 1.54) is 55.6 Å². The van der Waals surface area contributed by atoms with Crippen molar-refractivity contribution in [3.63, 3.8) is 0 Å². The summed E-state index contributed by atoms with van der Waals surface area (Å²) in [6.07, 6.45) is 12.5. The first-order chi connectivity index (χ1) is 25.4. The molecule has 0 atom stereocenters. The Kier molecular flexibility index (Phi) is 11.5. The number of phenols is 1. The lowest BCUT2D eigenvalue weighted by atomic mass is 9.92. The van der Waals surface area contributed by atoms with E-state index in [1.807, 2.05) is 30.3 Å². The minimum Gasteiger partial charge on any atom is -0.506 e. The van der Waals surface area contributed by atoms with Crippen molar-refractivity contribution in [2.45, 2.75) is 51.3 Å². The third-order valence-electron chi connectivity index (χ3n) is 9.33. The number of aromatic hydroxyl groups is 1. The van der Waals surface area contributed by atoms with Crippen LogP contribution in [0.15, 0.2) is 105 Å². The molecule has 2 N–H and O–H groups in total. The van der Waals surface area contributed by atoms with E-state index in [4.69, 9.17) is 16.0 Å². The molecule has 2 aliphatic rings. The number of aryl methyl sites for hydroxylation is 1. The summed E-state index contributed by atoms with van der Waals surface area (Å²) in [5, 5.41) is 10.7. The third kappa shape index (κ3) is 8.74. The molecule has 0 unspecified atom stereocenters. The number of hydrogen-bond acceptors (Lipinski definition) is 6. The van der Waals surface area contributed by atoms with E-state index in [2.05, 4.69) is 55.2 Å². The molecule has 272 valence electrons. The van der Waals surface area contributed by atoms with Gasteiger partial charge in [0.15, 0.2) is 5.43 Å². The highest BCUT2D eigenvalue weighted by Gasteiger charge is 2.25. The molecule has 0 saturated heterocycles. The lowest BCUT2D eigenvalue weighted by Crippen LogP contribution is -2.25. The first kappa shape index (κ1) is 37.6. The second-order valence-electron chi connectivity index (χ2n) is 13.2. The van der Waals surface area contributed by atoms with Gasteiger partial charge in [0.25, 0.3) is 10.1 Å². The maximum Gasteiger partial charge on any atom is 0.295 e. The summed E-state index contributed by atoms with van der Waals surface area (Å²) < 4.78 is 42.1. The normalized spacial score (nSPS) is 12.1. The van der Waals surface area contributed by atoms with E-state index in [-0.39, 0.29) is 38.0 Å². The Hall–Kier alpha value is -5.15. The Morgan fingerprint density at radius 3 is 1.85 bits per heavy atom. The first-order valence-electron chi connectivity index (χ1n) is 17.8. The van der Waals surface area contributed by atoms with Gasteiger partial charge in [-0.25, -0.2) is 0 Å². The average molecular weight is 748 g/mol. The van der Waals surface area contributed by atoms with Crippen LogP contribution in [0.3, 0.4) is 0 Å². The van der Waals surface area contributed by atoms with Gasteiger partial charge in [-0.1, -0.05) is 111 Å². The molecule has 1 heterocycles. The van der Waals surface area contributed by atoms with Crippen LogP contribution in [0.25, 0.3) is 57.7 Å². The molecule has 0 amide bonds. The van der Waals surface area contributed by atoms with Crippen molar-refractivity contribution in [1.29, 1.82) is 0 Å². The van der Waals surface area contributed by atoms with Gasteiger partial charge in [0.05, 0.1) is 5.02 Å². The van der Waals surface area contributed by atoms with Gasteiger partial charge in [-0.05, 0) is 77.9 Å². The molecule has 7 nitrogen and oxygen atoms in total. The molecule has 6 rings (SSSR count). The quantitative estimate of drug-likeness (QED) is 0.0688. The van der Waals surface area contributed by atoms with Gasteiger partial charge in [-0.15, -0.1) is 0 Å². The number of rotatable bonds is 13. The minimum absolute atomic E-state index is 0.0287. The van der Waals surface area contributed by atoms with Crippen molar-refractivity contribution < 1.29 is 22.5 Å². The van der Waals surface area contributed by atoms with Gasteiger partial charge < -0.3 is 14.4 Å². The van der Waals surface area contributed by atoms with Crippen LogP contribution in [0, 0.1) is 6.92 Å². The average Bonchev–Trinajstić information content (AvgIpc) is 3.14. The fourth-order valence-corrected chi connectivity index (χ4v) is 7.25. The number of fused-ring (bicyclic) bond motifs is 2. The predicted octanol–water partition coefficient (Wildman–Crippen LogP) is 11.2. The van der Waals surface area contributed by atoms with Crippen molar-refractivity contribution in [2.24, 2.45) is 0 Å². The van der Waals surface area contributed by atoms with Crippen LogP contribution >= 0.6 is 11.6 Å². The van der Waals surface area contributed by atoms with Crippen molar-refractivity contribution >= 4 is 62.7 Å². The molecule has 9 heteroatoms. The van der Waals surface area contributed by atoms with Crippen LogP contribution in [0.1, 0.15) is 67.3 Å². The summed E-state index contributed by atoms with van der Waals surface area (Å²) in [7, 11) is -4.73. The Morgan fingerprint density at radius 2 is 1.28 bits per heavy atom. The standard InChI is InChI=1S/C44H42ClNO6S/c1-4-6-22-46(23-7-5-2)34-19-16-32(17-20-34)13-12-30-8-10-31(11-9-30)14-15-33-18-21-35(43(25-33)53(49,50)51)44-36-24-29(3)39(47)27-41(36)52-42-28-40(48)38(45)26-37(42)44/h8-21,24-28,48H,4-7,22-23H2,1-3H3,(H,49,50,51)/b13-12+,15-14+. The molecule has 0 saturated carbocycles. The number of hydrogen-bond donors (Lipinski definition) is 2. The molecule has 0 radical (unpaired) electrons. The molecule has 0 aromatic heterocycles. The Labute approximate surface area is 315 Å². The van der Waals surface area contributed by atoms with Crippen LogP contribution in [0.4, 0.5) is 5.69 Å². The zero-order valence-corrected chi connectivity index (χ0v) is 31.5. The number of anilines is 1. The first-order valence-corrected chi connectivity index (χ1v) is 19.6. The smallest absolute Gasteiger partial charge is 0.295 e. The van der Waals surface area contributed by atoms with Crippen molar-refractivity contribution in [3.05, 3.63) is 134 Å². The highest BCUT2D eigenvalue weighted by Crippen LogP contribution is 2.45. The summed E-state index contributed by atoms with van der Waals surface area (Å²) in [5.74, 6) is -0.0440. The molecule has 0 bridgehead atoms. The van der Waals surface area contributed by atoms with E-state index >= 15 is 0 Å². The number of benzene rings is 5. The van der Waals surface area contributed by atoms with Crippen molar-refractivity contribution in [3.8, 4) is 28.2 Å². The van der Waals surface area contributed by atoms with E-state index in [0.29, 0.717) is 27.6 Å². The lowest BCUT2D eigenvalue weighted by molar-refractivity contribution is 0.474. The molecular formula is C44H42ClNO6S. The molecular weight excluding hydrogens is 706 g/mol. The van der Waals surface area contributed by atoms with Gasteiger partial charge in [-0.2, -0.15) is 8.42 Å². The molecule has 0 fully saturated rings. The van der Waals surface area contributed by atoms with Crippen molar-refractivity contribution in [2.75, 3.05) is 18.0 Å². The third-order valence-corrected chi connectivity index (χ3v) is 10.5. The summed E-state index contributed by atoms with van der Waals surface area (Å²) >= 11 is 6.28. The van der Waals surface area contributed by atoms with Crippen LogP contribution in [0.2, 0.25) is 5.02 Å². The molecule has 1 aliphatic heterocycles. The summed E-state index contributed by atoms with van der Waals surface area (Å²) in [6, 6.07) is 27.2. The van der Waals surface area contributed by atoms with E-state index < -0.39 is 10.1 Å². The van der Waals surface area contributed by atoms with E-state index in [1.54, 1.807) is 31.2 Å². The van der Waals surface area contributed by atoms with Gasteiger partial charge >= 0.3 is 0 Å². The zero-order valence-electron chi connectivity index (χ0n) is 30.0. The SMILES string of the molecule is CCCCN(CCCC)c1ccc(/C=C/c2ccc(/C=C/c3ccc(-c4c5cc(C)c(=O)cc-5oc5cc(O)c(Cl)cc45)c(S(=O)(=O)O)c3)cc2)cc1. The van der Waals surface area contributed by atoms with Gasteiger partial charge in [0.2, 0.25) is 0 Å². The summed E-state index contributed by atoms with van der Waals surface area (Å²) in [5.41, 5.74) is 6.24. The zero-order chi connectivity index (χ0) is 37.7. The monoisotopic (exact) mass is 747 g/mol. The molecule has 53 heavy (non-hydrogen) atoms. The largest absolute Gasteiger partial charge is 0.506 e. The second kappa shape index (κ2) is 16.3. The molecule has 0 spiro atoms. The highest BCUT2D eigenvalue weighted by molar-refractivity contribution is 7.86. The number of phenolic OH excluding ortho intramolecular Hbond substituents is 1. The molecule has 1 aliphatic carbocycles. The van der Waals surface area contributed by atoms with Crippen molar-refractivity contribution in [1.82, 2.24) is 0 Å². The lowest BCUT2D eigenvalue weighted by Gasteiger charge is -2.24. The Balaban J connectivity index is 1.26.